The van der Waals surface area contributed by atoms with E-state index in [4.69, 9.17) is 4.74 Å². The lowest BCUT2D eigenvalue weighted by molar-refractivity contribution is 0.0242. The van der Waals surface area contributed by atoms with Crippen LogP contribution in [-0.2, 0) is 4.74 Å². The predicted molar refractivity (Wildman–Crippen MR) is 112 cm³/mol. The second-order valence-electron chi connectivity index (χ2n) is 8.19. The molecule has 142 valence electrons. The van der Waals surface area contributed by atoms with E-state index in [0.717, 1.165) is 44.4 Å². The van der Waals surface area contributed by atoms with E-state index >= 15 is 0 Å². The molecule has 2 aliphatic heterocycles. The molecule has 2 rings (SSSR count). The molecule has 5 nitrogen and oxygen atoms in total. The highest BCUT2D eigenvalue weighted by Gasteiger charge is 2.31. The van der Waals surface area contributed by atoms with E-state index in [2.05, 4.69) is 48.2 Å². The van der Waals surface area contributed by atoms with Crippen LogP contribution < -0.4 is 10.6 Å². The van der Waals surface area contributed by atoms with Crippen LogP contribution in [-0.4, -0.2) is 61.8 Å². The number of likely N-dealkylation sites (tertiary alicyclic amines) is 1. The van der Waals surface area contributed by atoms with Crippen molar-refractivity contribution < 1.29 is 4.74 Å². The van der Waals surface area contributed by atoms with Gasteiger partial charge in [0.2, 0.25) is 0 Å². The number of rotatable bonds is 5. The highest BCUT2D eigenvalue weighted by molar-refractivity contribution is 14.0. The molecule has 0 amide bonds. The van der Waals surface area contributed by atoms with Gasteiger partial charge in [-0.15, -0.1) is 24.0 Å². The van der Waals surface area contributed by atoms with E-state index in [-0.39, 0.29) is 35.1 Å². The maximum absolute atomic E-state index is 5.83. The first-order valence-corrected chi connectivity index (χ1v) is 9.18. The Hall–Kier alpha value is -0.0800. The largest absolute Gasteiger partial charge is 0.373 e. The molecule has 0 aliphatic carbocycles. The number of hydrogen-bond donors (Lipinski definition) is 2. The standard InChI is InChI=1S/C18H36N4O.HI/c1-15-8-6-10-22(12-15)17(2,3)13-20-16(19-5)21-14-18(4)9-7-11-23-18;/h15H,6-14H2,1-5H3,(H2,19,20,21);1H. The molecule has 0 aromatic carbocycles. The lowest BCUT2D eigenvalue weighted by Crippen LogP contribution is -2.56. The summed E-state index contributed by atoms with van der Waals surface area (Å²) in [4.78, 5) is 6.98. The molecular weight excluding hydrogens is 415 g/mol. The third-order valence-electron chi connectivity index (χ3n) is 5.36. The van der Waals surface area contributed by atoms with Crippen LogP contribution in [0, 0.1) is 5.92 Å². The van der Waals surface area contributed by atoms with Crippen molar-refractivity contribution in [3.63, 3.8) is 0 Å². The minimum atomic E-state index is -0.0462. The molecular formula is C18H37IN4O. The summed E-state index contributed by atoms with van der Waals surface area (Å²) in [7, 11) is 1.84. The summed E-state index contributed by atoms with van der Waals surface area (Å²) in [5.41, 5.74) is 0.0928. The Labute approximate surface area is 165 Å². The van der Waals surface area contributed by atoms with Crippen molar-refractivity contribution in [3.05, 3.63) is 0 Å². The lowest BCUT2D eigenvalue weighted by Gasteiger charge is -2.43. The van der Waals surface area contributed by atoms with Gasteiger partial charge in [0.05, 0.1) is 5.60 Å². The Bertz CT molecular complexity index is 408. The first-order chi connectivity index (χ1) is 10.8. The Morgan fingerprint density at radius 3 is 2.67 bits per heavy atom. The zero-order valence-electron chi connectivity index (χ0n) is 16.2. The predicted octanol–water partition coefficient (Wildman–Crippen LogP) is 2.85. The van der Waals surface area contributed by atoms with Crippen LogP contribution in [0.25, 0.3) is 0 Å². The van der Waals surface area contributed by atoms with Crippen molar-refractivity contribution in [2.45, 2.75) is 64.5 Å². The van der Waals surface area contributed by atoms with Crippen molar-refractivity contribution in [1.29, 1.82) is 0 Å². The van der Waals surface area contributed by atoms with Gasteiger partial charge in [-0.05, 0) is 58.9 Å². The molecule has 2 fully saturated rings. The van der Waals surface area contributed by atoms with Gasteiger partial charge in [-0.2, -0.15) is 0 Å². The maximum Gasteiger partial charge on any atom is 0.191 e. The van der Waals surface area contributed by atoms with Gasteiger partial charge in [0.1, 0.15) is 0 Å². The van der Waals surface area contributed by atoms with E-state index < -0.39 is 0 Å². The van der Waals surface area contributed by atoms with Crippen LogP contribution >= 0.6 is 24.0 Å². The third kappa shape index (κ3) is 6.33. The number of piperidine rings is 1. The smallest absolute Gasteiger partial charge is 0.191 e. The molecule has 6 heteroatoms. The van der Waals surface area contributed by atoms with Crippen molar-refractivity contribution in [2.24, 2.45) is 10.9 Å². The SMILES string of the molecule is CN=C(NCC1(C)CCCO1)NCC(C)(C)N1CCCC(C)C1.I. The Morgan fingerprint density at radius 1 is 1.33 bits per heavy atom. The zero-order chi connectivity index (χ0) is 16.9. The van der Waals surface area contributed by atoms with E-state index in [1.54, 1.807) is 0 Å². The van der Waals surface area contributed by atoms with Crippen LogP contribution in [0.4, 0.5) is 0 Å². The Kier molecular flexibility index (Phi) is 8.76. The van der Waals surface area contributed by atoms with Crippen molar-refractivity contribution in [2.75, 3.05) is 39.8 Å². The van der Waals surface area contributed by atoms with Crippen molar-refractivity contribution in [1.82, 2.24) is 15.5 Å². The molecule has 0 aromatic rings. The molecule has 2 saturated heterocycles. The molecule has 2 unspecified atom stereocenters. The summed E-state index contributed by atoms with van der Waals surface area (Å²) in [6, 6.07) is 0. The normalized spacial score (nSPS) is 29.2. The summed E-state index contributed by atoms with van der Waals surface area (Å²) in [5, 5.41) is 6.94. The molecule has 2 heterocycles. The van der Waals surface area contributed by atoms with Gasteiger partial charge in [0.25, 0.3) is 0 Å². The van der Waals surface area contributed by atoms with E-state index in [1.807, 2.05) is 7.05 Å². The van der Waals surface area contributed by atoms with Gasteiger partial charge in [-0.25, -0.2) is 0 Å². The van der Waals surface area contributed by atoms with Crippen molar-refractivity contribution >= 4 is 29.9 Å². The highest BCUT2D eigenvalue weighted by atomic mass is 127. The highest BCUT2D eigenvalue weighted by Crippen LogP contribution is 2.24. The average Bonchev–Trinajstić information content (AvgIpc) is 2.94. The van der Waals surface area contributed by atoms with Gasteiger partial charge in [0, 0.05) is 38.8 Å². The van der Waals surface area contributed by atoms with E-state index in [9.17, 15) is 0 Å². The van der Waals surface area contributed by atoms with Gasteiger partial charge >= 0.3 is 0 Å². The topological polar surface area (TPSA) is 48.9 Å². The molecule has 0 radical (unpaired) electrons. The Balaban J connectivity index is 0.00000288. The van der Waals surface area contributed by atoms with Crippen LogP contribution in [0.15, 0.2) is 4.99 Å². The number of halogens is 1. The molecule has 2 atom stereocenters. The quantitative estimate of drug-likeness (QED) is 0.383. The minimum absolute atomic E-state index is 0. The van der Waals surface area contributed by atoms with Crippen molar-refractivity contribution in [3.8, 4) is 0 Å². The number of hydrogen-bond acceptors (Lipinski definition) is 3. The molecule has 0 saturated carbocycles. The van der Waals surface area contributed by atoms with Crippen LogP contribution in [0.5, 0.6) is 0 Å². The zero-order valence-corrected chi connectivity index (χ0v) is 18.5. The summed E-state index contributed by atoms with van der Waals surface area (Å²) >= 11 is 0. The average molecular weight is 452 g/mol. The molecule has 0 bridgehead atoms. The maximum atomic E-state index is 5.83. The summed E-state index contributed by atoms with van der Waals surface area (Å²) in [6.45, 7) is 14.2. The second kappa shape index (κ2) is 9.57. The molecule has 0 spiro atoms. The fourth-order valence-electron chi connectivity index (χ4n) is 3.62. The van der Waals surface area contributed by atoms with Gasteiger partial charge in [0.15, 0.2) is 5.96 Å². The first-order valence-electron chi connectivity index (χ1n) is 9.18. The number of nitrogens with one attached hydrogen (secondary N) is 2. The van der Waals surface area contributed by atoms with Gasteiger partial charge in [-0.1, -0.05) is 6.92 Å². The van der Waals surface area contributed by atoms with Crippen LogP contribution in [0.2, 0.25) is 0 Å². The molecule has 2 aliphatic rings. The monoisotopic (exact) mass is 452 g/mol. The summed E-state index contributed by atoms with van der Waals surface area (Å²) in [5.74, 6) is 1.68. The Morgan fingerprint density at radius 2 is 2.08 bits per heavy atom. The number of nitrogens with zero attached hydrogens (tertiary/aromatic N) is 2. The summed E-state index contributed by atoms with van der Waals surface area (Å²) < 4.78 is 5.83. The summed E-state index contributed by atoms with van der Waals surface area (Å²) in [6.07, 6.45) is 4.95. The second-order valence-corrected chi connectivity index (χ2v) is 8.19. The fourth-order valence-corrected chi connectivity index (χ4v) is 3.62. The number of guanidine groups is 1. The number of ether oxygens (including phenoxy) is 1. The van der Waals surface area contributed by atoms with Crippen LogP contribution in [0.1, 0.15) is 53.4 Å². The van der Waals surface area contributed by atoms with E-state index in [0.29, 0.717) is 0 Å². The van der Waals surface area contributed by atoms with E-state index in [1.165, 1.54) is 25.9 Å². The first kappa shape index (κ1) is 22.0. The molecule has 24 heavy (non-hydrogen) atoms. The minimum Gasteiger partial charge on any atom is -0.373 e. The third-order valence-corrected chi connectivity index (χ3v) is 5.36. The molecule has 2 N–H and O–H groups in total. The van der Waals surface area contributed by atoms with Gasteiger partial charge < -0.3 is 15.4 Å². The fraction of sp³-hybridized carbons (Fsp3) is 0.944. The van der Waals surface area contributed by atoms with Gasteiger partial charge in [-0.3, -0.25) is 9.89 Å². The lowest BCUT2D eigenvalue weighted by atomic mass is 9.93. The number of aliphatic imine (C=N–C) groups is 1. The van der Waals surface area contributed by atoms with Crippen LogP contribution in [0.3, 0.4) is 0 Å². The molecule has 0 aromatic heterocycles.